The van der Waals surface area contributed by atoms with E-state index in [-0.39, 0.29) is 23.7 Å². The van der Waals surface area contributed by atoms with Gasteiger partial charge in [0.2, 0.25) is 17.4 Å². The molecule has 2 amide bonds. The summed E-state index contributed by atoms with van der Waals surface area (Å²) in [6.45, 7) is 1.15. The van der Waals surface area contributed by atoms with Gasteiger partial charge in [-0.15, -0.1) is 0 Å². The second-order valence-electron chi connectivity index (χ2n) is 8.29. The fourth-order valence-corrected chi connectivity index (χ4v) is 3.81. The molecule has 1 saturated carbocycles. The third kappa shape index (κ3) is 4.05. The number of benzene rings is 2. The Labute approximate surface area is 187 Å². The van der Waals surface area contributed by atoms with E-state index in [9.17, 15) is 19.2 Å². The number of aryl methyl sites for hydroxylation is 1. The first kappa shape index (κ1) is 20.7. The van der Waals surface area contributed by atoms with Crippen LogP contribution in [0.1, 0.15) is 18.4 Å². The molecule has 1 aliphatic carbocycles. The first-order valence-electron chi connectivity index (χ1n) is 10.7. The van der Waals surface area contributed by atoms with Crippen LogP contribution in [-0.4, -0.2) is 27.0 Å². The van der Waals surface area contributed by atoms with Gasteiger partial charge in [-0.25, -0.2) is 9.36 Å². The number of hydrogen-bond acceptors (Lipinski definition) is 5. The summed E-state index contributed by atoms with van der Waals surface area (Å²) in [5.41, 5.74) is 0.765. The number of para-hydroxylation sites is 1. The van der Waals surface area contributed by atoms with E-state index in [0.717, 1.165) is 23.0 Å². The number of nitrogens with one attached hydrogen (secondary N) is 2. The van der Waals surface area contributed by atoms with Crippen LogP contribution in [0.2, 0.25) is 0 Å². The summed E-state index contributed by atoms with van der Waals surface area (Å²) in [4.78, 5) is 51.6. The van der Waals surface area contributed by atoms with Crippen LogP contribution < -0.4 is 21.9 Å². The number of furan rings is 1. The molecular formula is C24H22N4O5. The zero-order chi connectivity index (χ0) is 23.1. The molecule has 0 saturated heterocycles. The van der Waals surface area contributed by atoms with Crippen molar-refractivity contribution in [3.05, 3.63) is 74.9 Å². The highest BCUT2D eigenvalue weighted by molar-refractivity contribution is 6.03. The summed E-state index contributed by atoms with van der Waals surface area (Å²) in [5.74, 6) is -0.872. The van der Waals surface area contributed by atoms with E-state index in [4.69, 9.17) is 4.42 Å². The molecular weight excluding hydrogens is 424 g/mol. The van der Waals surface area contributed by atoms with Crippen LogP contribution in [0.4, 0.5) is 5.69 Å². The fourth-order valence-electron chi connectivity index (χ4n) is 3.81. The monoisotopic (exact) mass is 446 g/mol. The van der Waals surface area contributed by atoms with Crippen LogP contribution in [0.5, 0.6) is 0 Å². The van der Waals surface area contributed by atoms with E-state index in [1.165, 1.54) is 4.57 Å². The molecule has 2 aromatic heterocycles. The standard InChI is InChI=1S/C24H22N4O5/c1-14-6-8-15(9-7-14)25-19(29)12-27-21-17-4-2-3-5-18(17)33-22(21)23(31)28(24(27)32)13-20(30)26-16-10-11-16/h2-9,16H,10-13H2,1H3,(H,25,29)(H,26,30). The van der Waals surface area contributed by atoms with Crippen LogP contribution in [0, 0.1) is 6.92 Å². The number of fused-ring (bicyclic) bond motifs is 3. The second-order valence-corrected chi connectivity index (χ2v) is 8.29. The lowest BCUT2D eigenvalue weighted by Gasteiger charge is -2.12. The second kappa shape index (κ2) is 8.09. The molecule has 33 heavy (non-hydrogen) atoms. The number of carbonyl (C=O) groups is 2. The molecule has 1 aliphatic rings. The normalized spacial score (nSPS) is 13.4. The zero-order valence-electron chi connectivity index (χ0n) is 18.0. The average molecular weight is 446 g/mol. The number of hydrogen-bond donors (Lipinski definition) is 2. The Bertz CT molecular complexity index is 1510. The molecule has 0 aliphatic heterocycles. The Kier molecular flexibility index (Phi) is 5.08. The molecule has 4 aromatic rings. The Morgan fingerprint density at radius 2 is 1.67 bits per heavy atom. The minimum absolute atomic E-state index is 0.0712. The maximum absolute atomic E-state index is 13.3. The van der Waals surface area contributed by atoms with Gasteiger partial charge in [-0.1, -0.05) is 29.8 Å². The van der Waals surface area contributed by atoms with Crippen molar-refractivity contribution in [1.29, 1.82) is 0 Å². The maximum Gasteiger partial charge on any atom is 0.332 e. The lowest BCUT2D eigenvalue weighted by molar-refractivity contribution is -0.121. The molecule has 1 fully saturated rings. The third-order valence-corrected chi connectivity index (χ3v) is 5.62. The lowest BCUT2D eigenvalue weighted by Crippen LogP contribution is -2.45. The van der Waals surface area contributed by atoms with E-state index in [1.807, 2.05) is 19.1 Å². The molecule has 0 atom stereocenters. The molecule has 2 aromatic carbocycles. The van der Waals surface area contributed by atoms with E-state index < -0.39 is 29.6 Å². The fraction of sp³-hybridized carbons (Fsp3) is 0.250. The molecule has 9 nitrogen and oxygen atoms in total. The van der Waals surface area contributed by atoms with Gasteiger partial charge in [0.1, 0.15) is 24.2 Å². The van der Waals surface area contributed by atoms with Gasteiger partial charge >= 0.3 is 5.69 Å². The van der Waals surface area contributed by atoms with Gasteiger partial charge in [0.05, 0.1) is 0 Å². The Morgan fingerprint density at radius 3 is 2.39 bits per heavy atom. The van der Waals surface area contributed by atoms with Gasteiger partial charge in [0, 0.05) is 17.1 Å². The van der Waals surface area contributed by atoms with Crippen LogP contribution >= 0.6 is 0 Å². The molecule has 0 bridgehead atoms. The van der Waals surface area contributed by atoms with Gasteiger partial charge in [-0.05, 0) is 44.0 Å². The highest BCUT2D eigenvalue weighted by Gasteiger charge is 2.26. The van der Waals surface area contributed by atoms with Crippen molar-refractivity contribution >= 4 is 39.6 Å². The largest absolute Gasteiger partial charge is 0.449 e. The predicted molar refractivity (Wildman–Crippen MR) is 123 cm³/mol. The smallest absolute Gasteiger partial charge is 0.332 e. The molecule has 168 valence electrons. The number of nitrogens with zero attached hydrogens (tertiary/aromatic N) is 2. The molecule has 9 heteroatoms. The van der Waals surface area contributed by atoms with Gasteiger partial charge in [0.15, 0.2) is 0 Å². The summed E-state index contributed by atoms with van der Waals surface area (Å²) in [6, 6.07) is 14.3. The van der Waals surface area contributed by atoms with Gasteiger partial charge in [-0.2, -0.15) is 0 Å². The highest BCUT2D eigenvalue weighted by atomic mass is 16.3. The Hall–Kier alpha value is -4.14. The molecule has 2 heterocycles. The van der Waals surface area contributed by atoms with Crippen molar-refractivity contribution in [3.63, 3.8) is 0 Å². The Balaban J connectivity index is 1.59. The average Bonchev–Trinajstić information content (AvgIpc) is 3.52. The molecule has 2 N–H and O–H groups in total. The van der Waals surface area contributed by atoms with Crippen molar-refractivity contribution in [3.8, 4) is 0 Å². The minimum atomic E-state index is -0.746. The maximum atomic E-state index is 13.3. The summed E-state index contributed by atoms with van der Waals surface area (Å²) >= 11 is 0. The van der Waals surface area contributed by atoms with Crippen molar-refractivity contribution in [1.82, 2.24) is 14.5 Å². The van der Waals surface area contributed by atoms with Crippen molar-refractivity contribution in [2.75, 3.05) is 5.32 Å². The van der Waals surface area contributed by atoms with E-state index in [2.05, 4.69) is 10.6 Å². The summed E-state index contributed by atoms with van der Waals surface area (Å²) in [6.07, 6.45) is 1.76. The minimum Gasteiger partial charge on any atom is -0.449 e. The van der Waals surface area contributed by atoms with Crippen molar-refractivity contribution < 1.29 is 14.0 Å². The number of anilines is 1. The molecule has 0 spiro atoms. The van der Waals surface area contributed by atoms with Crippen LogP contribution in [0.15, 0.2) is 62.5 Å². The quantitative estimate of drug-likeness (QED) is 0.471. The highest BCUT2D eigenvalue weighted by Crippen LogP contribution is 2.25. The number of aromatic nitrogens is 2. The SMILES string of the molecule is Cc1ccc(NC(=O)Cn2c(=O)n(CC(=O)NC3CC3)c(=O)c3oc4ccccc4c32)cc1. The predicted octanol–water partition coefficient (Wildman–Crippen LogP) is 2.14. The first-order chi connectivity index (χ1) is 15.9. The van der Waals surface area contributed by atoms with Crippen LogP contribution in [0.3, 0.4) is 0 Å². The summed E-state index contributed by atoms with van der Waals surface area (Å²) in [7, 11) is 0. The van der Waals surface area contributed by atoms with Crippen molar-refractivity contribution in [2.24, 2.45) is 0 Å². The van der Waals surface area contributed by atoms with Gasteiger partial charge in [-0.3, -0.25) is 19.0 Å². The zero-order valence-corrected chi connectivity index (χ0v) is 18.0. The lowest BCUT2D eigenvalue weighted by atomic mass is 10.2. The topological polar surface area (TPSA) is 115 Å². The van der Waals surface area contributed by atoms with Crippen LogP contribution in [-0.2, 0) is 22.7 Å². The molecule has 5 rings (SSSR count). The van der Waals surface area contributed by atoms with Crippen molar-refractivity contribution in [2.45, 2.75) is 38.9 Å². The first-order valence-corrected chi connectivity index (χ1v) is 10.7. The van der Waals surface area contributed by atoms with Gasteiger partial charge in [0.25, 0.3) is 5.56 Å². The number of rotatable bonds is 6. The summed E-state index contributed by atoms with van der Waals surface area (Å²) < 4.78 is 7.76. The summed E-state index contributed by atoms with van der Waals surface area (Å²) in [5, 5.41) is 6.08. The third-order valence-electron chi connectivity index (χ3n) is 5.62. The molecule has 0 unspecified atom stereocenters. The van der Waals surface area contributed by atoms with Gasteiger partial charge < -0.3 is 15.1 Å². The van der Waals surface area contributed by atoms with E-state index in [0.29, 0.717) is 16.7 Å². The van der Waals surface area contributed by atoms with E-state index >= 15 is 0 Å². The van der Waals surface area contributed by atoms with E-state index in [1.54, 1.807) is 36.4 Å². The molecule has 0 radical (unpaired) electrons. The van der Waals surface area contributed by atoms with Crippen LogP contribution in [0.25, 0.3) is 22.1 Å². The number of amides is 2. The Morgan fingerprint density at radius 1 is 0.970 bits per heavy atom. The number of carbonyl (C=O) groups excluding carboxylic acids is 2.